The Morgan fingerprint density at radius 2 is 1.81 bits per heavy atom. The number of aliphatic hydroxyl groups excluding tert-OH is 4. The second-order valence-corrected chi connectivity index (χ2v) is 9.55. The molecule has 3 heterocycles. The highest BCUT2D eigenvalue weighted by Crippen LogP contribution is 2.61. The van der Waals surface area contributed by atoms with Crippen molar-refractivity contribution in [3.8, 4) is 5.75 Å². The number of fused-ring (bicyclic) bond motifs is 3. The summed E-state index contributed by atoms with van der Waals surface area (Å²) in [6.45, 7) is 1.22. The third kappa shape index (κ3) is 4.19. The average Bonchev–Trinajstić information content (AvgIpc) is 3.49. The Balaban J connectivity index is 1.22. The minimum absolute atomic E-state index is 0.0812. The summed E-state index contributed by atoms with van der Waals surface area (Å²) < 4.78 is 27.5. The van der Waals surface area contributed by atoms with Gasteiger partial charge in [-0.1, -0.05) is 12.1 Å². The van der Waals surface area contributed by atoms with Gasteiger partial charge in [0, 0.05) is 6.08 Å². The molecule has 36 heavy (non-hydrogen) atoms. The smallest absolute Gasteiger partial charge is 0.330 e. The number of benzene rings is 1. The van der Waals surface area contributed by atoms with E-state index in [2.05, 4.69) is 0 Å². The summed E-state index contributed by atoms with van der Waals surface area (Å²) >= 11 is 0. The Bertz CT molecular complexity index is 1040. The Hall–Kier alpha value is -2.55. The molecule has 0 bridgehead atoms. The van der Waals surface area contributed by atoms with Crippen LogP contribution in [0.2, 0.25) is 0 Å². The van der Waals surface area contributed by atoms with Crippen LogP contribution in [0.25, 0.3) is 6.08 Å². The second-order valence-electron chi connectivity index (χ2n) is 9.55. The van der Waals surface area contributed by atoms with Gasteiger partial charge in [0.2, 0.25) is 6.29 Å². The molecule has 0 unspecified atom stereocenters. The molecule has 0 aromatic heterocycles. The maximum absolute atomic E-state index is 12.1. The first-order chi connectivity index (χ1) is 17.0. The number of phenols is 1. The van der Waals surface area contributed by atoms with E-state index in [4.69, 9.17) is 23.7 Å². The highest BCUT2D eigenvalue weighted by atomic mass is 16.8. The lowest BCUT2D eigenvalue weighted by molar-refractivity contribution is -0.350. The first kappa shape index (κ1) is 25.1. The molecule has 1 aliphatic carbocycles. The van der Waals surface area contributed by atoms with E-state index in [1.807, 2.05) is 0 Å². The molecule has 3 fully saturated rings. The summed E-state index contributed by atoms with van der Waals surface area (Å²) in [5.41, 5.74) is -2.00. The quantitative estimate of drug-likeness (QED) is 0.149. The molecule has 0 spiro atoms. The summed E-state index contributed by atoms with van der Waals surface area (Å²) in [5.74, 6) is -1.55. The van der Waals surface area contributed by atoms with E-state index in [0.717, 1.165) is 6.08 Å². The van der Waals surface area contributed by atoms with Crippen LogP contribution in [-0.4, -0.2) is 104 Å². The SMILES string of the molecule is C[C@]12O[C@H]1[C@H](O)[C@]1(O)C=CO[C@@H](O[C@H]3O[C@@H](COC(=O)C=Cc4ccc(O)cc4)[C@H](O)[C@@H](O)[C@@H]3O)[C@@H]12. The number of aliphatic hydroxyl groups is 5. The number of hydrogen-bond acceptors (Lipinski definition) is 12. The van der Waals surface area contributed by atoms with E-state index < -0.39 is 78.9 Å². The molecule has 12 nitrogen and oxygen atoms in total. The van der Waals surface area contributed by atoms with Gasteiger partial charge in [-0.05, 0) is 36.8 Å². The number of carbonyl (C=O) groups excluding carboxylic acids is 1. The zero-order chi connectivity index (χ0) is 25.8. The van der Waals surface area contributed by atoms with Gasteiger partial charge in [-0.3, -0.25) is 0 Å². The number of hydrogen-bond donors (Lipinski definition) is 6. The zero-order valence-electron chi connectivity index (χ0n) is 19.2. The van der Waals surface area contributed by atoms with E-state index in [-0.39, 0.29) is 5.75 Å². The van der Waals surface area contributed by atoms with Gasteiger partial charge >= 0.3 is 5.97 Å². The van der Waals surface area contributed by atoms with E-state index in [9.17, 15) is 35.4 Å². The number of carbonyl (C=O) groups is 1. The van der Waals surface area contributed by atoms with Crippen LogP contribution in [0.3, 0.4) is 0 Å². The van der Waals surface area contributed by atoms with Crippen LogP contribution in [0.4, 0.5) is 0 Å². The molecular weight excluding hydrogens is 480 g/mol. The zero-order valence-corrected chi connectivity index (χ0v) is 19.2. The first-order valence-corrected chi connectivity index (χ1v) is 11.4. The van der Waals surface area contributed by atoms with Gasteiger partial charge in [-0.2, -0.15) is 0 Å². The number of esters is 1. The van der Waals surface area contributed by atoms with Crippen molar-refractivity contribution < 1.29 is 59.1 Å². The summed E-state index contributed by atoms with van der Waals surface area (Å²) in [5, 5.41) is 61.9. The van der Waals surface area contributed by atoms with Crippen molar-refractivity contribution >= 4 is 12.0 Å². The average molecular weight is 508 g/mol. The van der Waals surface area contributed by atoms with Crippen LogP contribution < -0.4 is 0 Å². The highest BCUT2D eigenvalue weighted by Gasteiger charge is 2.79. The number of aromatic hydroxyl groups is 1. The maximum Gasteiger partial charge on any atom is 0.330 e. The highest BCUT2D eigenvalue weighted by molar-refractivity contribution is 5.87. The molecule has 11 atom stereocenters. The van der Waals surface area contributed by atoms with Crippen molar-refractivity contribution in [2.75, 3.05) is 6.61 Å². The largest absolute Gasteiger partial charge is 0.508 e. The second kappa shape index (κ2) is 9.08. The molecule has 4 aliphatic rings. The molecule has 0 radical (unpaired) electrons. The molecule has 3 aliphatic heterocycles. The minimum atomic E-state index is -1.70. The summed E-state index contributed by atoms with van der Waals surface area (Å²) in [7, 11) is 0. The molecule has 5 rings (SSSR count). The maximum atomic E-state index is 12.1. The lowest BCUT2D eigenvalue weighted by Crippen LogP contribution is -2.62. The number of epoxide rings is 1. The Morgan fingerprint density at radius 1 is 1.08 bits per heavy atom. The Kier molecular flexibility index (Phi) is 6.34. The summed E-state index contributed by atoms with van der Waals surface area (Å²) in [4.78, 5) is 12.1. The van der Waals surface area contributed by atoms with Gasteiger partial charge in [0.1, 0.15) is 60.2 Å². The van der Waals surface area contributed by atoms with Gasteiger partial charge < -0.3 is 54.3 Å². The van der Waals surface area contributed by atoms with Gasteiger partial charge in [0.05, 0.1) is 12.2 Å². The number of rotatable bonds is 6. The van der Waals surface area contributed by atoms with Crippen LogP contribution in [-0.2, 0) is 28.5 Å². The topological polar surface area (TPSA) is 188 Å². The third-order valence-corrected chi connectivity index (χ3v) is 7.22. The lowest BCUT2D eigenvalue weighted by atomic mass is 9.82. The van der Waals surface area contributed by atoms with Crippen molar-refractivity contribution in [2.45, 2.75) is 67.3 Å². The number of phenolic OH excluding ortho intramolecular Hbond substituents is 1. The van der Waals surface area contributed by atoms with Crippen LogP contribution >= 0.6 is 0 Å². The van der Waals surface area contributed by atoms with Gasteiger partial charge in [-0.25, -0.2) is 4.79 Å². The summed E-state index contributed by atoms with van der Waals surface area (Å²) in [6, 6.07) is 6.10. The molecule has 2 saturated heterocycles. The fraction of sp³-hybridized carbons (Fsp3) is 0.542. The molecule has 196 valence electrons. The first-order valence-electron chi connectivity index (χ1n) is 11.4. The molecule has 1 aromatic rings. The third-order valence-electron chi connectivity index (χ3n) is 7.22. The van der Waals surface area contributed by atoms with E-state index in [1.165, 1.54) is 30.5 Å². The molecule has 6 N–H and O–H groups in total. The molecule has 0 amide bonds. The van der Waals surface area contributed by atoms with Crippen molar-refractivity contribution in [1.29, 1.82) is 0 Å². The Labute approximate surface area is 205 Å². The fourth-order valence-electron chi connectivity index (χ4n) is 5.12. The predicted octanol–water partition coefficient (Wildman–Crippen LogP) is -1.48. The fourth-order valence-corrected chi connectivity index (χ4v) is 5.12. The van der Waals surface area contributed by atoms with Gasteiger partial charge in [-0.15, -0.1) is 0 Å². The molecular formula is C24H28O12. The monoisotopic (exact) mass is 508 g/mol. The minimum Gasteiger partial charge on any atom is -0.508 e. The summed E-state index contributed by atoms with van der Waals surface area (Å²) in [6.07, 6.45) is -5.78. The molecule has 1 saturated carbocycles. The van der Waals surface area contributed by atoms with Crippen LogP contribution in [0.5, 0.6) is 5.75 Å². The van der Waals surface area contributed by atoms with Crippen LogP contribution in [0, 0.1) is 5.92 Å². The van der Waals surface area contributed by atoms with Crippen LogP contribution in [0.1, 0.15) is 12.5 Å². The van der Waals surface area contributed by atoms with Gasteiger partial charge in [0.25, 0.3) is 0 Å². The van der Waals surface area contributed by atoms with E-state index >= 15 is 0 Å². The standard InChI is InChI=1S/C24H28O12/c1-23-18-22(32-9-8-24(18,31)19(30)20(23)36-23)35-21-17(29)16(28)15(27)13(34-21)10-33-14(26)7-4-11-2-5-12(25)6-3-11/h2-9,13,15-22,25,27-31H,10H2,1H3/t13-,15-,16+,17-,18+,19-,20-,21+,22-,23+,24-/m0/s1. The normalized spacial score (nSPS) is 45.1. The van der Waals surface area contributed by atoms with Crippen molar-refractivity contribution in [3.63, 3.8) is 0 Å². The van der Waals surface area contributed by atoms with Crippen molar-refractivity contribution in [1.82, 2.24) is 0 Å². The molecule has 12 heteroatoms. The van der Waals surface area contributed by atoms with Crippen molar-refractivity contribution in [3.05, 3.63) is 48.2 Å². The lowest BCUT2D eigenvalue weighted by Gasteiger charge is -2.45. The van der Waals surface area contributed by atoms with Gasteiger partial charge in [0.15, 0.2) is 6.29 Å². The number of ether oxygens (including phenoxy) is 5. The van der Waals surface area contributed by atoms with E-state index in [1.54, 1.807) is 19.1 Å². The van der Waals surface area contributed by atoms with Crippen LogP contribution in [0.15, 0.2) is 42.7 Å². The van der Waals surface area contributed by atoms with Crippen molar-refractivity contribution in [2.24, 2.45) is 5.92 Å². The van der Waals surface area contributed by atoms with E-state index in [0.29, 0.717) is 5.56 Å². The Morgan fingerprint density at radius 3 is 2.53 bits per heavy atom. The molecule has 1 aromatic carbocycles. The predicted molar refractivity (Wildman–Crippen MR) is 118 cm³/mol.